The summed E-state index contributed by atoms with van der Waals surface area (Å²) >= 11 is 0. The third kappa shape index (κ3) is 4.77. The third-order valence-electron chi connectivity index (χ3n) is 4.89. The van der Waals surface area contributed by atoms with Gasteiger partial charge >= 0.3 is 0 Å². The molecule has 1 atom stereocenters. The second kappa shape index (κ2) is 9.14. The summed E-state index contributed by atoms with van der Waals surface area (Å²) < 4.78 is 18.8. The van der Waals surface area contributed by atoms with E-state index in [1.165, 1.54) is 6.07 Å². The minimum atomic E-state index is -0.215. The summed E-state index contributed by atoms with van der Waals surface area (Å²) in [5, 5.41) is 3.05. The van der Waals surface area contributed by atoms with Crippen molar-refractivity contribution in [3.05, 3.63) is 35.1 Å². The van der Waals surface area contributed by atoms with Crippen LogP contribution in [0.4, 0.5) is 4.39 Å². The number of nitrogens with one attached hydrogen (secondary N) is 1. The molecule has 0 aliphatic carbocycles. The first-order valence-electron chi connectivity index (χ1n) is 8.91. The van der Waals surface area contributed by atoms with Gasteiger partial charge in [-0.1, -0.05) is 38.8 Å². The van der Waals surface area contributed by atoms with E-state index in [-0.39, 0.29) is 17.8 Å². The first-order valence-corrected chi connectivity index (χ1v) is 8.91. The maximum atomic E-state index is 13.4. The van der Waals surface area contributed by atoms with Crippen LogP contribution < -0.4 is 5.32 Å². The number of morpholine rings is 1. The number of aryl methyl sites for hydroxylation is 1. The van der Waals surface area contributed by atoms with Crippen LogP contribution in [-0.2, 0) is 16.1 Å². The number of amides is 1. The monoisotopic (exact) mass is 336 g/mol. The van der Waals surface area contributed by atoms with E-state index < -0.39 is 0 Å². The summed E-state index contributed by atoms with van der Waals surface area (Å²) in [6, 6.07) is 4.85. The molecule has 1 aliphatic rings. The maximum absolute atomic E-state index is 13.4. The minimum absolute atomic E-state index is 0.0626. The van der Waals surface area contributed by atoms with Gasteiger partial charge in [-0.2, -0.15) is 0 Å². The van der Waals surface area contributed by atoms with Crippen LogP contribution in [0.2, 0.25) is 0 Å². The zero-order valence-electron chi connectivity index (χ0n) is 15.0. The Kier molecular flexibility index (Phi) is 7.18. The van der Waals surface area contributed by atoms with Gasteiger partial charge in [-0.05, 0) is 30.0 Å². The molecule has 1 unspecified atom stereocenters. The zero-order valence-corrected chi connectivity index (χ0v) is 15.0. The molecule has 0 aromatic heterocycles. The van der Waals surface area contributed by atoms with Gasteiger partial charge in [0.15, 0.2) is 0 Å². The number of halogens is 1. The topological polar surface area (TPSA) is 41.6 Å². The number of nitrogens with zero attached hydrogens (tertiary/aromatic N) is 1. The second-order valence-electron chi connectivity index (χ2n) is 6.47. The lowest BCUT2D eigenvalue weighted by molar-refractivity contribution is -0.131. The molecule has 24 heavy (non-hydrogen) atoms. The van der Waals surface area contributed by atoms with Crippen molar-refractivity contribution in [2.75, 3.05) is 26.3 Å². The fourth-order valence-corrected chi connectivity index (χ4v) is 3.38. The van der Waals surface area contributed by atoms with Crippen LogP contribution in [0.1, 0.15) is 37.8 Å². The van der Waals surface area contributed by atoms with E-state index >= 15 is 0 Å². The molecule has 4 nitrogen and oxygen atoms in total. The third-order valence-corrected chi connectivity index (χ3v) is 4.89. The SMILES string of the molecule is CCC(CC)C(C(=O)NCc1ccc(F)c(C)c1)N1CCOCC1. The average Bonchev–Trinajstić information content (AvgIpc) is 2.61. The molecule has 1 N–H and O–H groups in total. The lowest BCUT2D eigenvalue weighted by Crippen LogP contribution is -2.54. The lowest BCUT2D eigenvalue weighted by Gasteiger charge is -2.37. The highest BCUT2D eigenvalue weighted by Gasteiger charge is 2.32. The predicted octanol–water partition coefficient (Wildman–Crippen LogP) is 2.89. The number of carbonyl (C=O) groups is 1. The molecule has 1 aliphatic heterocycles. The molecule has 1 heterocycles. The van der Waals surface area contributed by atoms with Crippen LogP contribution in [0.3, 0.4) is 0 Å². The highest BCUT2D eigenvalue weighted by Crippen LogP contribution is 2.20. The average molecular weight is 336 g/mol. The van der Waals surface area contributed by atoms with Crippen molar-refractivity contribution in [3.63, 3.8) is 0 Å². The Labute approximate surface area is 144 Å². The van der Waals surface area contributed by atoms with Gasteiger partial charge in [0, 0.05) is 19.6 Å². The Morgan fingerprint density at radius 1 is 1.29 bits per heavy atom. The Hall–Kier alpha value is -1.46. The Morgan fingerprint density at radius 2 is 1.96 bits per heavy atom. The molecular formula is C19H29FN2O2. The van der Waals surface area contributed by atoms with Crippen LogP contribution >= 0.6 is 0 Å². The summed E-state index contributed by atoms with van der Waals surface area (Å²) in [7, 11) is 0. The molecule has 134 valence electrons. The zero-order chi connectivity index (χ0) is 17.5. The van der Waals surface area contributed by atoms with Gasteiger partial charge in [0.25, 0.3) is 0 Å². The number of benzene rings is 1. The number of ether oxygens (including phenoxy) is 1. The Morgan fingerprint density at radius 3 is 2.54 bits per heavy atom. The first kappa shape index (κ1) is 18.9. The van der Waals surface area contributed by atoms with Crippen molar-refractivity contribution < 1.29 is 13.9 Å². The van der Waals surface area contributed by atoms with Crippen LogP contribution in [0.5, 0.6) is 0 Å². The molecule has 1 saturated heterocycles. The summed E-state index contributed by atoms with van der Waals surface area (Å²) in [4.78, 5) is 15.1. The van der Waals surface area contributed by atoms with E-state index in [9.17, 15) is 9.18 Å². The smallest absolute Gasteiger partial charge is 0.237 e. The van der Waals surface area contributed by atoms with E-state index in [1.54, 1.807) is 19.1 Å². The van der Waals surface area contributed by atoms with Crippen molar-refractivity contribution in [3.8, 4) is 0 Å². The Bertz CT molecular complexity index is 540. The molecule has 2 rings (SSSR count). The van der Waals surface area contributed by atoms with Crippen LogP contribution in [0.15, 0.2) is 18.2 Å². The van der Waals surface area contributed by atoms with Gasteiger partial charge in [-0.15, -0.1) is 0 Å². The molecule has 1 aromatic carbocycles. The number of carbonyl (C=O) groups excluding carboxylic acids is 1. The molecule has 0 spiro atoms. The van der Waals surface area contributed by atoms with Crippen molar-refractivity contribution >= 4 is 5.91 Å². The van der Waals surface area contributed by atoms with Crippen molar-refractivity contribution in [1.82, 2.24) is 10.2 Å². The molecule has 1 fully saturated rings. The summed E-state index contributed by atoms with van der Waals surface area (Å²) in [6.45, 7) is 9.40. The molecule has 1 aromatic rings. The van der Waals surface area contributed by atoms with Crippen molar-refractivity contribution in [1.29, 1.82) is 0 Å². The van der Waals surface area contributed by atoms with Crippen LogP contribution in [0.25, 0.3) is 0 Å². The van der Waals surface area contributed by atoms with Crippen LogP contribution in [0, 0.1) is 18.7 Å². The number of hydrogen-bond acceptors (Lipinski definition) is 3. The highest BCUT2D eigenvalue weighted by atomic mass is 19.1. The van der Waals surface area contributed by atoms with Gasteiger partial charge in [0.05, 0.1) is 19.3 Å². The summed E-state index contributed by atoms with van der Waals surface area (Å²) in [6.07, 6.45) is 1.95. The Balaban J connectivity index is 2.04. The predicted molar refractivity (Wildman–Crippen MR) is 93.2 cm³/mol. The van der Waals surface area contributed by atoms with E-state index in [2.05, 4.69) is 24.1 Å². The first-order chi connectivity index (χ1) is 11.6. The summed E-state index contributed by atoms with van der Waals surface area (Å²) in [5.74, 6) is 0.180. The molecule has 5 heteroatoms. The molecule has 1 amide bonds. The minimum Gasteiger partial charge on any atom is -0.379 e. The van der Waals surface area contributed by atoms with Gasteiger partial charge < -0.3 is 10.1 Å². The van der Waals surface area contributed by atoms with Crippen molar-refractivity contribution in [2.24, 2.45) is 5.92 Å². The van der Waals surface area contributed by atoms with E-state index in [4.69, 9.17) is 4.74 Å². The van der Waals surface area contributed by atoms with Crippen LogP contribution in [-0.4, -0.2) is 43.2 Å². The largest absolute Gasteiger partial charge is 0.379 e. The van der Waals surface area contributed by atoms with Gasteiger partial charge in [0.1, 0.15) is 5.82 Å². The second-order valence-corrected chi connectivity index (χ2v) is 6.47. The number of hydrogen-bond donors (Lipinski definition) is 1. The quantitative estimate of drug-likeness (QED) is 0.832. The normalized spacial score (nSPS) is 17.0. The highest BCUT2D eigenvalue weighted by molar-refractivity contribution is 5.82. The number of rotatable bonds is 7. The standard InChI is InChI=1S/C19H29FN2O2/c1-4-16(5-2)18(22-8-10-24-11-9-22)19(23)21-13-15-6-7-17(20)14(3)12-15/h6-7,12,16,18H,4-5,8-11,13H2,1-3H3,(H,21,23). The summed E-state index contributed by atoms with van der Waals surface area (Å²) in [5.41, 5.74) is 1.53. The molecule has 0 saturated carbocycles. The van der Waals surface area contributed by atoms with Crippen molar-refractivity contribution in [2.45, 2.75) is 46.2 Å². The molecular weight excluding hydrogens is 307 g/mol. The van der Waals surface area contributed by atoms with E-state index in [0.29, 0.717) is 31.2 Å². The molecule has 0 bridgehead atoms. The fourth-order valence-electron chi connectivity index (χ4n) is 3.38. The van der Waals surface area contributed by atoms with Gasteiger partial charge in [-0.25, -0.2) is 4.39 Å². The van der Waals surface area contributed by atoms with E-state index in [0.717, 1.165) is 31.5 Å². The lowest BCUT2D eigenvalue weighted by atomic mass is 9.91. The maximum Gasteiger partial charge on any atom is 0.237 e. The van der Waals surface area contributed by atoms with Gasteiger partial charge in [0.2, 0.25) is 5.91 Å². The van der Waals surface area contributed by atoms with Gasteiger partial charge in [-0.3, -0.25) is 9.69 Å². The fraction of sp³-hybridized carbons (Fsp3) is 0.632. The molecule has 0 radical (unpaired) electrons. The van der Waals surface area contributed by atoms with E-state index in [1.807, 2.05) is 0 Å².